The van der Waals surface area contributed by atoms with Crippen LogP contribution in [0, 0.1) is 0 Å². The van der Waals surface area contributed by atoms with Gasteiger partial charge >= 0.3 is 0 Å². The predicted octanol–water partition coefficient (Wildman–Crippen LogP) is 3.30. The lowest BCUT2D eigenvalue weighted by Gasteiger charge is -2.29. The fraction of sp³-hybridized carbons (Fsp3) is 0.350. The Hall–Kier alpha value is -2.09. The first-order chi connectivity index (χ1) is 10.8. The third-order valence-electron chi connectivity index (χ3n) is 5.00. The van der Waals surface area contributed by atoms with E-state index in [2.05, 4.69) is 42.5 Å². The molecular weight excluding hydrogens is 270 g/mol. The number of carbonyl (C=O) groups is 1. The maximum Gasteiger partial charge on any atom is 0.227 e. The Morgan fingerprint density at radius 1 is 0.909 bits per heavy atom. The van der Waals surface area contributed by atoms with E-state index in [1.54, 1.807) is 0 Å². The van der Waals surface area contributed by atoms with Crippen molar-refractivity contribution in [2.75, 3.05) is 6.54 Å². The van der Waals surface area contributed by atoms with Crippen molar-refractivity contribution in [3.63, 3.8) is 0 Å². The van der Waals surface area contributed by atoms with Crippen LogP contribution >= 0.6 is 0 Å². The summed E-state index contributed by atoms with van der Waals surface area (Å²) in [6.45, 7) is 1.61. The van der Waals surface area contributed by atoms with Crippen LogP contribution in [-0.4, -0.2) is 17.4 Å². The Labute approximate surface area is 131 Å². The average molecular weight is 291 g/mol. The number of amides is 1. The molecule has 0 spiro atoms. The van der Waals surface area contributed by atoms with Crippen LogP contribution < -0.4 is 0 Å². The Balaban J connectivity index is 1.47. The number of aryl methyl sites for hydroxylation is 2. The zero-order valence-electron chi connectivity index (χ0n) is 12.8. The van der Waals surface area contributed by atoms with E-state index in [0.29, 0.717) is 6.42 Å². The molecule has 0 unspecified atom stereocenters. The normalized spacial score (nSPS) is 16.3. The first-order valence-corrected chi connectivity index (χ1v) is 8.25. The van der Waals surface area contributed by atoms with Gasteiger partial charge in [-0.05, 0) is 53.5 Å². The van der Waals surface area contributed by atoms with Gasteiger partial charge in [0.15, 0.2) is 0 Å². The standard InChI is InChI=1S/C20H21NO/c22-20(13-15-8-9-16-6-3-7-18(16)12-15)21-11-10-17-4-1-2-5-19(17)14-21/h1-2,4-5,8-9,12H,3,6-7,10-11,13-14H2. The molecule has 1 heterocycles. The van der Waals surface area contributed by atoms with E-state index in [-0.39, 0.29) is 5.91 Å². The predicted molar refractivity (Wildman–Crippen MR) is 87.7 cm³/mol. The summed E-state index contributed by atoms with van der Waals surface area (Å²) < 4.78 is 0. The number of benzene rings is 2. The minimum Gasteiger partial charge on any atom is -0.338 e. The first-order valence-electron chi connectivity index (χ1n) is 8.25. The Morgan fingerprint density at radius 2 is 1.68 bits per heavy atom. The van der Waals surface area contributed by atoms with E-state index >= 15 is 0 Å². The van der Waals surface area contributed by atoms with Gasteiger partial charge in [-0.1, -0.05) is 42.5 Å². The molecule has 0 radical (unpaired) electrons. The summed E-state index contributed by atoms with van der Waals surface area (Å²) in [7, 11) is 0. The van der Waals surface area contributed by atoms with Gasteiger partial charge in [-0.15, -0.1) is 0 Å². The second-order valence-electron chi connectivity index (χ2n) is 6.47. The van der Waals surface area contributed by atoms with Crippen molar-refractivity contribution in [2.45, 2.75) is 38.6 Å². The molecule has 0 atom stereocenters. The van der Waals surface area contributed by atoms with Gasteiger partial charge < -0.3 is 4.90 Å². The van der Waals surface area contributed by atoms with Crippen LogP contribution in [0.15, 0.2) is 42.5 Å². The highest BCUT2D eigenvalue weighted by Gasteiger charge is 2.21. The van der Waals surface area contributed by atoms with Gasteiger partial charge in [0.1, 0.15) is 0 Å². The van der Waals surface area contributed by atoms with Gasteiger partial charge in [0, 0.05) is 13.1 Å². The Bertz CT molecular complexity index is 719. The van der Waals surface area contributed by atoms with Crippen molar-refractivity contribution < 1.29 is 4.79 Å². The number of hydrogen-bond acceptors (Lipinski definition) is 1. The summed E-state index contributed by atoms with van der Waals surface area (Å²) in [5.74, 6) is 0.257. The summed E-state index contributed by atoms with van der Waals surface area (Å²) >= 11 is 0. The van der Waals surface area contributed by atoms with Crippen LogP contribution in [-0.2, 0) is 37.0 Å². The highest BCUT2D eigenvalue weighted by atomic mass is 16.2. The highest BCUT2D eigenvalue weighted by molar-refractivity contribution is 5.79. The third-order valence-corrected chi connectivity index (χ3v) is 5.00. The molecule has 0 saturated carbocycles. The topological polar surface area (TPSA) is 20.3 Å². The van der Waals surface area contributed by atoms with E-state index < -0.39 is 0 Å². The average Bonchev–Trinajstić information content (AvgIpc) is 3.02. The number of rotatable bonds is 2. The number of nitrogens with zero attached hydrogens (tertiary/aromatic N) is 1. The van der Waals surface area contributed by atoms with Crippen LogP contribution in [0.4, 0.5) is 0 Å². The van der Waals surface area contributed by atoms with Gasteiger partial charge in [-0.3, -0.25) is 4.79 Å². The number of fused-ring (bicyclic) bond motifs is 2. The van der Waals surface area contributed by atoms with Crippen LogP contribution in [0.2, 0.25) is 0 Å². The summed E-state index contributed by atoms with van der Waals surface area (Å²) in [6.07, 6.45) is 5.15. The molecular formula is C20H21NO. The molecule has 0 aromatic heterocycles. The van der Waals surface area contributed by atoms with E-state index in [1.807, 2.05) is 4.90 Å². The second kappa shape index (κ2) is 5.60. The van der Waals surface area contributed by atoms with Gasteiger partial charge in [-0.25, -0.2) is 0 Å². The molecule has 2 aromatic carbocycles. The quantitative estimate of drug-likeness (QED) is 0.831. The monoisotopic (exact) mass is 291 g/mol. The summed E-state index contributed by atoms with van der Waals surface area (Å²) in [5, 5.41) is 0. The van der Waals surface area contributed by atoms with Gasteiger partial charge in [0.2, 0.25) is 5.91 Å². The van der Waals surface area contributed by atoms with Crippen LogP contribution in [0.3, 0.4) is 0 Å². The molecule has 2 heteroatoms. The zero-order chi connectivity index (χ0) is 14.9. The molecule has 2 nitrogen and oxygen atoms in total. The molecule has 1 amide bonds. The molecule has 1 aliphatic carbocycles. The van der Waals surface area contributed by atoms with Gasteiger partial charge in [-0.2, -0.15) is 0 Å². The Kier molecular flexibility index (Phi) is 3.45. The fourth-order valence-electron chi connectivity index (χ4n) is 3.73. The van der Waals surface area contributed by atoms with Crippen LogP contribution in [0.25, 0.3) is 0 Å². The summed E-state index contributed by atoms with van der Waals surface area (Å²) in [4.78, 5) is 14.6. The third kappa shape index (κ3) is 2.54. The molecule has 1 aliphatic heterocycles. The van der Waals surface area contributed by atoms with Gasteiger partial charge in [0.05, 0.1) is 6.42 Å². The molecule has 0 bridgehead atoms. The molecule has 2 aromatic rings. The van der Waals surface area contributed by atoms with Crippen LogP contribution in [0.5, 0.6) is 0 Å². The van der Waals surface area contributed by atoms with Crippen molar-refractivity contribution in [2.24, 2.45) is 0 Å². The smallest absolute Gasteiger partial charge is 0.227 e. The largest absolute Gasteiger partial charge is 0.338 e. The highest BCUT2D eigenvalue weighted by Crippen LogP contribution is 2.24. The molecule has 4 rings (SSSR count). The van der Waals surface area contributed by atoms with Crippen molar-refractivity contribution >= 4 is 5.91 Å². The molecule has 0 N–H and O–H groups in total. The summed E-state index contributed by atoms with van der Waals surface area (Å²) in [5.41, 5.74) is 6.79. The maximum absolute atomic E-state index is 12.6. The van der Waals surface area contributed by atoms with Crippen molar-refractivity contribution in [1.82, 2.24) is 4.90 Å². The van der Waals surface area contributed by atoms with Crippen molar-refractivity contribution in [3.8, 4) is 0 Å². The molecule has 0 fully saturated rings. The second-order valence-corrected chi connectivity index (χ2v) is 6.47. The lowest BCUT2D eigenvalue weighted by Crippen LogP contribution is -2.36. The van der Waals surface area contributed by atoms with Crippen LogP contribution in [0.1, 0.15) is 34.2 Å². The molecule has 112 valence electrons. The minimum atomic E-state index is 0.257. The van der Waals surface area contributed by atoms with E-state index in [9.17, 15) is 4.79 Å². The van der Waals surface area contributed by atoms with Crippen molar-refractivity contribution in [1.29, 1.82) is 0 Å². The summed E-state index contributed by atoms with van der Waals surface area (Å²) in [6, 6.07) is 15.1. The van der Waals surface area contributed by atoms with Crippen molar-refractivity contribution in [3.05, 3.63) is 70.3 Å². The zero-order valence-corrected chi connectivity index (χ0v) is 12.8. The lowest BCUT2D eigenvalue weighted by molar-refractivity contribution is -0.131. The maximum atomic E-state index is 12.6. The minimum absolute atomic E-state index is 0.257. The van der Waals surface area contributed by atoms with E-state index in [4.69, 9.17) is 0 Å². The molecule has 0 saturated heterocycles. The number of carbonyl (C=O) groups excluding carboxylic acids is 1. The number of hydrogen-bond donors (Lipinski definition) is 0. The van der Waals surface area contributed by atoms with E-state index in [1.165, 1.54) is 47.1 Å². The molecule has 2 aliphatic rings. The molecule has 22 heavy (non-hydrogen) atoms. The SMILES string of the molecule is O=C(Cc1ccc2c(c1)CCC2)N1CCc2ccccc2C1. The first kappa shape index (κ1) is 13.6. The lowest BCUT2D eigenvalue weighted by atomic mass is 9.99. The fourth-order valence-corrected chi connectivity index (χ4v) is 3.73. The van der Waals surface area contributed by atoms with Gasteiger partial charge in [0.25, 0.3) is 0 Å². The Morgan fingerprint density at radius 3 is 2.59 bits per heavy atom. The van der Waals surface area contributed by atoms with E-state index in [0.717, 1.165) is 19.5 Å².